The van der Waals surface area contributed by atoms with Crippen molar-refractivity contribution in [1.82, 2.24) is 9.62 Å². The van der Waals surface area contributed by atoms with E-state index < -0.39 is 16.3 Å². The number of nitrogens with two attached hydrogens (primary N) is 1. The Morgan fingerprint density at radius 1 is 1.25 bits per heavy atom. The lowest BCUT2D eigenvalue weighted by Crippen LogP contribution is -2.35. The van der Waals surface area contributed by atoms with Gasteiger partial charge >= 0.3 is 16.3 Å². The lowest BCUT2D eigenvalue weighted by molar-refractivity contribution is 0.177. The molecule has 0 aromatic heterocycles. The molecule has 0 heterocycles. The highest BCUT2D eigenvalue weighted by atomic mass is 32.2. The summed E-state index contributed by atoms with van der Waals surface area (Å²) < 4.78 is 25.2. The fourth-order valence-corrected chi connectivity index (χ4v) is 1.14. The number of rotatable bonds is 4. The first kappa shape index (κ1) is 17.5. The predicted octanol–water partition coefficient (Wildman–Crippen LogP) is -0.106. The van der Waals surface area contributed by atoms with E-state index in [1.54, 1.807) is 0 Å². The molecule has 1 amide bonds. The standard InChI is InChI=1S/C6H15N.C2H6N2O4S/c1-4-7(5-2)6-3;1-8-2(5)4-9(3,6)7/h4-6H2,1-3H3;1H3,(H,4,5)(H2,3,6,7). The Bertz CT molecular complexity index is 269. The van der Waals surface area contributed by atoms with Gasteiger partial charge in [0.15, 0.2) is 0 Å². The highest BCUT2D eigenvalue weighted by Crippen LogP contribution is 1.81. The molecule has 7 nitrogen and oxygen atoms in total. The van der Waals surface area contributed by atoms with Gasteiger partial charge in [-0.3, -0.25) is 0 Å². The molecular formula is C8H21N3O4S. The summed E-state index contributed by atoms with van der Waals surface area (Å²) in [6.45, 7) is 10.1. The summed E-state index contributed by atoms with van der Waals surface area (Å²) in [7, 11) is -2.93. The second-order valence-corrected chi connectivity index (χ2v) is 4.05. The second kappa shape index (κ2) is 9.37. The van der Waals surface area contributed by atoms with Crippen LogP contribution in [0.2, 0.25) is 0 Å². The van der Waals surface area contributed by atoms with Crippen LogP contribution in [-0.2, 0) is 14.9 Å². The van der Waals surface area contributed by atoms with E-state index in [0.29, 0.717) is 0 Å². The number of nitrogens with one attached hydrogen (secondary N) is 1. The molecule has 0 aliphatic carbocycles. The van der Waals surface area contributed by atoms with Gasteiger partial charge in [0, 0.05) is 0 Å². The summed E-state index contributed by atoms with van der Waals surface area (Å²) in [5.41, 5.74) is 0. The molecule has 0 radical (unpaired) electrons. The van der Waals surface area contributed by atoms with Gasteiger partial charge < -0.3 is 9.64 Å². The van der Waals surface area contributed by atoms with E-state index in [9.17, 15) is 13.2 Å². The molecule has 0 aliphatic heterocycles. The fourth-order valence-electron chi connectivity index (χ4n) is 0.829. The summed E-state index contributed by atoms with van der Waals surface area (Å²) in [4.78, 5) is 12.4. The minimum Gasteiger partial charge on any atom is -0.452 e. The summed E-state index contributed by atoms with van der Waals surface area (Å²) in [6.07, 6.45) is -1.10. The van der Waals surface area contributed by atoms with E-state index >= 15 is 0 Å². The van der Waals surface area contributed by atoms with E-state index in [1.165, 1.54) is 24.4 Å². The lowest BCUT2D eigenvalue weighted by atomic mass is 10.5. The molecule has 0 atom stereocenters. The summed E-state index contributed by atoms with van der Waals surface area (Å²) in [6, 6.07) is 0. The molecule has 0 aromatic carbocycles. The quantitative estimate of drug-likeness (QED) is 0.730. The Kier molecular flexibility index (Phi) is 10.3. The van der Waals surface area contributed by atoms with E-state index in [-0.39, 0.29) is 0 Å². The molecule has 0 aromatic rings. The van der Waals surface area contributed by atoms with Crippen LogP contribution in [0.3, 0.4) is 0 Å². The van der Waals surface area contributed by atoms with E-state index in [2.05, 4.69) is 35.5 Å². The van der Waals surface area contributed by atoms with Gasteiger partial charge in [0.1, 0.15) is 0 Å². The van der Waals surface area contributed by atoms with Gasteiger partial charge in [0.25, 0.3) is 0 Å². The van der Waals surface area contributed by atoms with Gasteiger partial charge in [-0.05, 0) is 19.6 Å². The van der Waals surface area contributed by atoms with Crippen molar-refractivity contribution in [2.75, 3.05) is 26.7 Å². The van der Waals surface area contributed by atoms with Crippen LogP contribution in [0.25, 0.3) is 0 Å². The topological polar surface area (TPSA) is 102 Å². The monoisotopic (exact) mass is 255 g/mol. The van der Waals surface area contributed by atoms with Crippen molar-refractivity contribution in [1.29, 1.82) is 0 Å². The van der Waals surface area contributed by atoms with Gasteiger partial charge in [-0.15, -0.1) is 0 Å². The average Bonchev–Trinajstić information content (AvgIpc) is 2.19. The molecule has 0 fully saturated rings. The van der Waals surface area contributed by atoms with Gasteiger partial charge in [0.2, 0.25) is 0 Å². The maximum Gasteiger partial charge on any atom is 0.421 e. The number of carbonyl (C=O) groups is 1. The average molecular weight is 255 g/mol. The van der Waals surface area contributed by atoms with Crippen molar-refractivity contribution < 1.29 is 17.9 Å². The van der Waals surface area contributed by atoms with Gasteiger partial charge in [-0.1, -0.05) is 20.8 Å². The molecule has 8 heteroatoms. The molecule has 0 rings (SSSR count). The van der Waals surface area contributed by atoms with Gasteiger partial charge in [-0.2, -0.15) is 8.42 Å². The third kappa shape index (κ3) is 13.1. The normalized spacial score (nSPS) is 10.4. The molecule has 3 N–H and O–H groups in total. The first-order valence-corrected chi connectivity index (χ1v) is 6.46. The van der Waals surface area contributed by atoms with Crippen LogP contribution in [0.1, 0.15) is 20.8 Å². The molecule has 98 valence electrons. The Morgan fingerprint density at radius 3 is 1.69 bits per heavy atom. The maximum absolute atomic E-state index is 10.0. The van der Waals surface area contributed by atoms with Crippen LogP contribution < -0.4 is 9.86 Å². The Morgan fingerprint density at radius 2 is 1.62 bits per heavy atom. The number of carbonyl (C=O) groups excluding carboxylic acids is 1. The SMILES string of the molecule is CCN(CC)CC.COC(=O)NS(N)(=O)=O. The van der Waals surface area contributed by atoms with Gasteiger partial charge in [0.05, 0.1) is 7.11 Å². The summed E-state index contributed by atoms with van der Waals surface area (Å²) in [5, 5.41) is 4.37. The minimum absolute atomic E-state index is 1.03. The summed E-state index contributed by atoms with van der Waals surface area (Å²) >= 11 is 0. The first-order chi connectivity index (χ1) is 7.30. The Balaban J connectivity index is 0. The second-order valence-electron chi connectivity index (χ2n) is 2.76. The Labute approximate surface area is 97.1 Å². The molecular weight excluding hydrogens is 234 g/mol. The fraction of sp³-hybridized carbons (Fsp3) is 0.875. The van der Waals surface area contributed by atoms with Crippen molar-refractivity contribution in [2.24, 2.45) is 5.14 Å². The van der Waals surface area contributed by atoms with E-state index in [1.807, 2.05) is 0 Å². The zero-order chi connectivity index (χ0) is 13.2. The van der Waals surface area contributed by atoms with Crippen molar-refractivity contribution in [2.45, 2.75) is 20.8 Å². The van der Waals surface area contributed by atoms with Crippen LogP contribution in [-0.4, -0.2) is 46.2 Å². The highest BCUT2D eigenvalue weighted by Gasteiger charge is 2.06. The minimum atomic E-state index is -3.96. The maximum atomic E-state index is 10.0. The number of hydrogen-bond donors (Lipinski definition) is 2. The smallest absolute Gasteiger partial charge is 0.421 e. The highest BCUT2D eigenvalue weighted by molar-refractivity contribution is 7.87. The molecule has 0 saturated heterocycles. The summed E-state index contributed by atoms with van der Waals surface area (Å²) in [5.74, 6) is 0. The molecule has 0 aliphatic rings. The lowest BCUT2D eigenvalue weighted by Gasteiger charge is -2.13. The van der Waals surface area contributed by atoms with Crippen molar-refractivity contribution in [3.63, 3.8) is 0 Å². The van der Waals surface area contributed by atoms with Crippen molar-refractivity contribution in [3.8, 4) is 0 Å². The molecule has 0 unspecified atom stereocenters. The van der Waals surface area contributed by atoms with Gasteiger partial charge in [-0.25, -0.2) is 14.7 Å². The number of hydrogen-bond acceptors (Lipinski definition) is 5. The number of nitrogens with zero attached hydrogens (tertiary/aromatic N) is 1. The first-order valence-electron chi connectivity index (χ1n) is 4.91. The van der Waals surface area contributed by atoms with E-state index in [0.717, 1.165) is 7.11 Å². The van der Waals surface area contributed by atoms with Crippen LogP contribution in [0.15, 0.2) is 0 Å². The van der Waals surface area contributed by atoms with Crippen LogP contribution in [0.4, 0.5) is 4.79 Å². The third-order valence-electron chi connectivity index (χ3n) is 1.75. The Hall–Kier alpha value is -0.860. The number of ether oxygens (including phenoxy) is 1. The van der Waals surface area contributed by atoms with Crippen molar-refractivity contribution >= 4 is 16.3 Å². The van der Waals surface area contributed by atoms with E-state index in [4.69, 9.17) is 0 Å². The van der Waals surface area contributed by atoms with Crippen LogP contribution in [0, 0.1) is 0 Å². The third-order valence-corrected chi connectivity index (χ3v) is 2.20. The van der Waals surface area contributed by atoms with Crippen molar-refractivity contribution in [3.05, 3.63) is 0 Å². The molecule has 0 spiro atoms. The zero-order valence-corrected chi connectivity index (χ0v) is 11.0. The van der Waals surface area contributed by atoms with Crippen LogP contribution >= 0.6 is 0 Å². The number of amides is 1. The number of methoxy groups -OCH3 is 1. The predicted molar refractivity (Wildman–Crippen MR) is 62.1 cm³/mol. The molecule has 16 heavy (non-hydrogen) atoms. The zero-order valence-electron chi connectivity index (χ0n) is 10.2. The largest absolute Gasteiger partial charge is 0.452 e. The van der Waals surface area contributed by atoms with Crippen LogP contribution in [0.5, 0.6) is 0 Å². The molecule has 0 bridgehead atoms. The molecule has 0 saturated carbocycles.